The van der Waals surface area contributed by atoms with Gasteiger partial charge in [0, 0.05) is 30.8 Å². The van der Waals surface area contributed by atoms with E-state index in [2.05, 4.69) is 33.1 Å². The van der Waals surface area contributed by atoms with Gasteiger partial charge in [-0.15, -0.1) is 0 Å². The van der Waals surface area contributed by atoms with Crippen molar-refractivity contribution in [3.05, 3.63) is 38.3 Å². The fourth-order valence-electron chi connectivity index (χ4n) is 2.87. The first-order valence-corrected chi connectivity index (χ1v) is 8.74. The van der Waals surface area contributed by atoms with Crippen LogP contribution in [-0.2, 0) is 0 Å². The van der Waals surface area contributed by atoms with Gasteiger partial charge in [0.2, 0.25) is 0 Å². The summed E-state index contributed by atoms with van der Waals surface area (Å²) in [6.07, 6.45) is 4.68. The van der Waals surface area contributed by atoms with E-state index < -0.39 is 4.92 Å². The average Bonchev–Trinajstić information content (AvgIpc) is 2.53. The van der Waals surface area contributed by atoms with Crippen LogP contribution in [0.1, 0.15) is 43.0 Å². The predicted molar refractivity (Wildman–Crippen MR) is 92.6 cm³/mol. The number of carbonyl (C=O) groups is 1. The Morgan fingerprint density at radius 3 is 2.96 bits per heavy atom. The van der Waals surface area contributed by atoms with E-state index >= 15 is 0 Å². The summed E-state index contributed by atoms with van der Waals surface area (Å²) in [7, 11) is 0. The molecule has 0 aromatic heterocycles. The Morgan fingerprint density at radius 2 is 2.26 bits per heavy atom. The van der Waals surface area contributed by atoms with Crippen molar-refractivity contribution < 1.29 is 9.72 Å². The first kappa shape index (κ1) is 17.9. The molecule has 1 fully saturated rings. The lowest BCUT2D eigenvalue weighted by molar-refractivity contribution is -0.385. The van der Waals surface area contributed by atoms with Crippen LogP contribution in [0.2, 0.25) is 0 Å². The molecule has 0 aliphatic carbocycles. The van der Waals surface area contributed by atoms with Gasteiger partial charge in [0.05, 0.1) is 9.40 Å². The predicted octanol–water partition coefficient (Wildman–Crippen LogP) is 3.35. The maximum atomic E-state index is 12.1. The SMILES string of the molecule is C[C@@H]1CCCCN1CCCNC(=O)c1ccc(Br)c([N+](=O)[O-])c1. The lowest BCUT2D eigenvalue weighted by Gasteiger charge is -2.33. The van der Waals surface area contributed by atoms with Crippen molar-refractivity contribution in [3.8, 4) is 0 Å². The summed E-state index contributed by atoms with van der Waals surface area (Å²) in [5.41, 5.74) is 0.214. The van der Waals surface area contributed by atoms with Gasteiger partial charge in [-0.1, -0.05) is 6.42 Å². The Hall–Kier alpha value is -1.47. The van der Waals surface area contributed by atoms with E-state index in [0.29, 0.717) is 22.6 Å². The Balaban J connectivity index is 1.81. The van der Waals surface area contributed by atoms with Crippen LogP contribution in [0.3, 0.4) is 0 Å². The van der Waals surface area contributed by atoms with Crippen LogP contribution in [0.4, 0.5) is 5.69 Å². The summed E-state index contributed by atoms with van der Waals surface area (Å²) < 4.78 is 0.373. The fraction of sp³-hybridized carbons (Fsp3) is 0.562. The molecule has 0 saturated carbocycles. The van der Waals surface area contributed by atoms with Crippen molar-refractivity contribution in [3.63, 3.8) is 0 Å². The molecule has 1 amide bonds. The van der Waals surface area contributed by atoms with E-state index in [1.54, 1.807) is 6.07 Å². The first-order chi connectivity index (χ1) is 11.0. The summed E-state index contributed by atoms with van der Waals surface area (Å²) in [4.78, 5) is 24.9. The van der Waals surface area contributed by atoms with E-state index in [-0.39, 0.29) is 11.6 Å². The lowest BCUT2D eigenvalue weighted by atomic mass is 10.0. The number of nitrogens with one attached hydrogen (secondary N) is 1. The van der Waals surface area contributed by atoms with Crippen molar-refractivity contribution in [2.45, 2.75) is 38.6 Å². The number of nitro benzene ring substituents is 1. The average molecular weight is 384 g/mol. The molecule has 0 spiro atoms. The number of rotatable bonds is 6. The van der Waals surface area contributed by atoms with Crippen molar-refractivity contribution in [2.75, 3.05) is 19.6 Å². The van der Waals surface area contributed by atoms with Crippen LogP contribution in [0.5, 0.6) is 0 Å². The smallest absolute Gasteiger partial charge is 0.284 e. The quantitative estimate of drug-likeness (QED) is 0.464. The summed E-state index contributed by atoms with van der Waals surface area (Å²) in [6.45, 7) is 4.93. The van der Waals surface area contributed by atoms with Gasteiger partial charge in [0.1, 0.15) is 0 Å². The number of piperidine rings is 1. The molecule has 1 atom stereocenters. The van der Waals surface area contributed by atoms with Crippen LogP contribution in [0.15, 0.2) is 22.7 Å². The van der Waals surface area contributed by atoms with Gasteiger partial charge >= 0.3 is 0 Å². The normalized spacial score (nSPS) is 18.6. The van der Waals surface area contributed by atoms with Gasteiger partial charge < -0.3 is 10.2 Å². The molecule has 1 heterocycles. The molecule has 0 unspecified atom stereocenters. The number of likely N-dealkylation sites (tertiary alicyclic amines) is 1. The van der Waals surface area contributed by atoms with Crippen LogP contribution >= 0.6 is 15.9 Å². The topological polar surface area (TPSA) is 75.5 Å². The van der Waals surface area contributed by atoms with Crippen molar-refractivity contribution in [1.29, 1.82) is 0 Å². The molecule has 1 saturated heterocycles. The zero-order valence-corrected chi connectivity index (χ0v) is 14.8. The third-order valence-electron chi connectivity index (χ3n) is 4.25. The first-order valence-electron chi connectivity index (χ1n) is 7.95. The molecule has 2 rings (SSSR count). The third kappa shape index (κ3) is 5.00. The molecule has 1 N–H and O–H groups in total. The van der Waals surface area contributed by atoms with E-state index in [4.69, 9.17) is 0 Å². The van der Waals surface area contributed by atoms with Crippen molar-refractivity contribution in [2.24, 2.45) is 0 Å². The minimum absolute atomic E-state index is 0.0974. The maximum absolute atomic E-state index is 12.1. The fourth-order valence-corrected chi connectivity index (χ4v) is 3.26. The molecular formula is C16H22BrN3O3. The number of hydrogen-bond acceptors (Lipinski definition) is 4. The monoisotopic (exact) mass is 383 g/mol. The third-order valence-corrected chi connectivity index (χ3v) is 4.92. The number of hydrogen-bond donors (Lipinski definition) is 1. The van der Waals surface area contributed by atoms with Crippen LogP contribution in [-0.4, -0.2) is 41.4 Å². The summed E-state index contributed by atoms with van der Waals surface area (Å²) in [6, 6.07) is 5.03. The highest BCUT2D eigenvalue weighted by molar-refractivity contribution is 9.10. The minimum Gasteiger partial charge on any atom is -0.352 e. The molecule has 23 heavy (non-hydrogen) atoms. The number of benzene rings is 1. The largest absolute Gasteiger partial charge is 0.352 e. The van der Waals surface area contributed by atoms with E-state index in [1.165, 1.54) is 31.4 Å². The highest BCUT2D eigenvalue weighted by Crippen LogP contribution is 2.25. The zero-order chi connectivity index (χ0) is 16.8. The van der Waals surface area contributed by atoms with Crippen LogP contribution < -0.4 is 5.32 Å². The molecule has 0 bridgehead atoms. The Morgan fingerprint density at radius 1 is 1.48 bits per heavy atom. The second-order valence-electron chi connectivity index (χ2n) is 5.91. The molecule has 1 aliphatic rings. The molecule has 1 aromatic carbocycles. The lowest BCUT2D eigenvalue weighted by Crippen LogP contribution is -2.39. The Bertz CT molecular complexity index is 580. The van der Waals surface area contributed by atoms with Crippen molar-refractivity contribution in [1.82, 2.24) is 10.2 Å². The second kappa shape index (κ2) is 8.40. The summed E-state index contributed by atoms with van der Waals surface area (Å²) >= 11 is 3.11. The molecule has 1 aromatic rings. The Labute approximate surface area is 144 Å². The molecule has 126 valence electrons. The van der Waals surface area contributed by atoms with Gasteiger partial charge in [0.25, 0.3) is 11.6 Å². The van der Waals surface area contributed by atoms with Gasteiger partial charge in [-0.05, 0) is 60.8 Å². The number of nitro groups is 1. The van der Waals surface area contributed by atoms with Gasteiger partial charge in [-0.3, -0.25) is 14.9 Å². The molecule has 6 nitrogen and oxygen atoms in total. The van der Waals surface area contributed by atoms with E-state index in [1.807, 2.05) is 0 Å². The number of carbonyl (C=O) groups excluding carboxylic acids is 1. The molecule has 1 aliphatic heterocycles. The van der Waals surface area contributed by atoms with Gasteiger partial charge in [-0.25, -0.2) is 0 Å². The maximum Gasteiger partial charge on any atom is 0.284 e. The summed E-state index contributed by atoms with van der Waals surface area (Å²) in [5.74, 6) is -0.271. The van der Waals surface area contributed by atoms with Crippen LogP contribution in [0.25, 0.3) is 0 Å². The van der Waals surface area contributed by atoms with Crippen molar-refractivity contribution >= 4 is 27.5 Å². The van der Waals surface area contributed by atoms with Gasteiger partial charge in [-0.2, -0.15) is 0 Å². The highest BCUT2D eigenvalue weighted by atomic mass is 79.9. The van der Waals surface area contributed by atoms with E-state index in [9.17, 15) is 14.9 Å². The van der Waals surface area contributed by atoms with Crippen LogP contribution in [0, 0.1) is 10.1 Å². The molecule has 0 radical (unpaired) electrons. The standard InChI is InChI=1S/C16H22BrN3O3/c1-12-5-2-3-9-19(12)10-4-8-18-16(21)13-6-7-14(17)15(11-13)20(22)23/h6-7,11-12H,2-5,8-10H2,1H3,(H,18,21)/t12-/m1/s1. The van der Waals surface area contributed by atoms with E-state index in [0.717, 1.165) is 19.5 Å². The molecular weight excluding hydrogens is 362 g/mol. The zero-order valence-electron chi connectivity index (χ0n) is 13.3. The Kier molecular flexibility index (Phi) is 6.53. The molecule has 7 heteroatoms. The number of amides is 1. The second-order valence-corrected chi connectivity index (χ2v) is 6.77. The number of nitrogens with zero attached hydrogens (tertiary/aromatic N) is 2. The highest BCUT2D eigenvalue weighted by Gasteiger charge is 2.18. The number of halogens is 1. The minimum atomic E-state index is -0.501. The summed E-state index contributed by atoms with van der Waals surface area (Å²) in [5, 5.41) is 13.7. The van der Waals surface area contributed by atoms with Gasteiger partial charge in [0.15, 0.2) is 0 Å².